The molecule has 0 aliphatic heterocycles. The third-order valence-electron chi connectivity index (χ3n) is 3.16. The number of benzene rings is 2. The van der Waals surface area contributed by atoms with Crippen molar-refractivity contribution >= 4 is 23.3 Å². The number of nitro groups is 1. The zero-order chi connectivity index (χ0) is 19.1. The quantitative estimate of drug-likeness (QED) is 0.461. The number of nitrogens with one attached hydrogen (secondary N) is 1. The normalized spacial score (nSPS) is 10.1. The lowest BCUT2D eigenvalue weighted by Crippen LogP contribution is -2.21. The van der Waals surface area contributed by atoms with Crippen molar-refractivity contribution in [3.05, 3.63) is 64.0 Å². The largest absolute Gasteiger partial charge is 0.494 e. The van der Waals surface area contributed by atoms with Gasteiger partial charge in [-0.1, -0.05) is 0 Å². The first kappa shape index (κ1) is 18.8. The summed E-state index contributed by atoms with van der Waals surface area (Å²) in [5.41, 5.74) is -0.520. The van der Waals surface area contributed by atoms with E-state index in [2.05, 4.69) is 5.32 Å². The van der Waals surface area contributed by atoms with Crippen LogP contribution in [0.5, 0.6) is 5.75 Å². The molecule has 0 saturated carbocycles. The average Bonchev–Trinajstić information content (AvgIpc) is 2.62. The first-order chi connectivity index (χ1) is 12.4. The van der Waals surface area contributed by atoms with Gasteiger partial charge >= 0.3 is 11.7 Å². The maximum atomic E-state index is 13.2. The van der Waals surface area contributed by atoms with Crippen LogP contribution in [0.4, 0.5) is 15.8 Å². The lowest BCUT2D eigenvalue weighted by atomic mass is 10.2. The van der Waals surface area contributed by atoms with E-state index in [4.69, 9.17) is 9.47 Å². The molecule has 0 heterocycles. The van der Waals surface area contributed by atoms with Crippen molar-refractivity contribution < 1.29 is 28.4 Å². The molecule has 0 bridgehead atoms. The van der Waals surface area contributed by atoms with Crippen molar-refractivity contribution in [2.75, 3.05) is 18.5 Å². The van der Waals surface area contributed by atoms with Gasteiger partial charge in [0.05, 0.1) is 17.1 Å². The number of nitro benzene ring substituents is 1. The fraction of sp³-hybridized carbons (Fsp3) is 0.176. The topological polar surface area (TPSA) is 108 Å². The third-order valence-corrected chi connectivity index (χ3v) is 3.16. The third kappa shape index (κ3) is 5.00. The Kier molecular flexibility index (Phi) is 6.20. The molecule has 26 heavy (non-hydrogen) atoms. The highest BCUT2D eigenvalue weighted by molar-refractivity contribution is 5.95. The molecule has 0 fully saturated rings. The molecular weight excluding hydrogens is 347 g/mol. The Morgan fingerprint density at radius 2 is 1.88 bits per heavy atom. The molecule has 8 nitrogen and oxygen atoms in total. The zero-order valence-corrected chi connectivity index (χ0v) is 13.7. The van der Waals surface area contributed by atoms with Crippen LogP contribution in [0.2, 0.25) is 0 Å². The van der Waals surface area contributed by atoms with Gasteiger partial charge in [0, 0.05) is 11.8 Å². The highest BCUT2D eigenvalue weighted by atomic mass is 19.1. The van der Waals surface area contributed by atoms with Gasteiger partial charge in [-0.15, -0.1) is 0 Å². The molecule has 136 valence electrons. The van der Waals surface area contributed by atoms with Gasteiger partial charge in [-0.25, -0.2) is 4.79 Å². The van der Waals surface area contributed by atoms with Crippen molar-refractivity contribution in [2.45, 2.75) is 6.92 Å². The molecule has 0 aliphatic carbocycles. The summed E-state index contributed by atoms with van der Waals surface area (Å²) in [6.45, 7) is 1.72. The summed E-state index contributed by atoms with van der Waals surface area (Å²) in [6, 6.07) is 9.08. The maximum Gasteiger partial charge on any atom is 0.338 e. The first-order valence-corrected chi connectivity index (χ1v) is 7.54. The number of carbonyl (C=O) groups excluding carboxylic acids is 2. The molecule has 0 unspecified atom stereocenters. The maximum absolute atomic E-state index is 13.2. The van der Waals surface area contributed by atoms with Crippen LogP contribution in [0.25, 0.3) is 0 Å². The highest BCUT2D eigenvalue weighted by Gasteiger charge is 2.16. The summed E-state index contributed by atoms with van der Waals surface area (Å²) in [7, 11) is 0. The van der Waals surface area contributed by atoms with Gasteiger partial charge in [0.25, 0.3) is 5.91 Å². The highest BCUT2D eigenvalue weighted by Crippen LogP contribution is 2.21. The zero-order valence-electron chi connectivity index (χ0n) is 13.7. The molecule has 2 rings (SSSR count). The van der Waals surface area contributed by atoms with E-state index in [9.17, 15) is 24.1 Å². The molecule has 1 amide bonds. The van der Waals surface area contributed by atoms with Crippen LogP contribution in [0.15, 0.2) is 42.5 Å². The fourth-order valence-corrected chi connectivity index (χ4v) is 2.00. The average molecular weight is 362 g/mol. The van der Waals surface area contributed by atoms with Crippen molar-refractivity contribution in [3.63, 3.8) is 0 Å². The van der Waals surface area contributed by atoms with Gasteiger partial charge in [-0.2, -0.15) is 4.39 Å². The van der Waals surface area contributed by atoms with Crippen molar-refractivity contribution in [3.8, 4) is 5.75 Å². The molecular formula is C17H15FN2O6. The minimum absolute atomic E-state index is 0.0141. The predicted octanol–water partition coefficient (Wildman–Crippen LogP) is 2.93. The van der Waals surface area contributed by atoms with Crippen LogP contribution in [-0.4, -0.2) is 30.0 Å². The lowest BCUT2D eigenvalue weighted by molar-refractivity contribution is -0.387. The standard InChI is InChI=1S/C17H15FN2O6/c1-2-25-13-6-3-11(4-7-13)17(22)26-10-16(21)19-12-5-8-14(18)15(9-12)20(23)24/h3-9H,2,10H2,1H3,(H,19,21). The van der Waals surface area contributed by atoms with Gasteiger partial charge in [0.1, 0.15) is 5.75 Å². The van der Waals surface area contributed by atoms with Crippen LogP contribution in [0.1, 0.15) is 17.3 Å². The van der Waals surface area contributed by atoms with Gasteiger partial charge in [-0.3, -0.25) is 14.9 Å². The second-order valence-corrected chi connectivity index (χ2v) is 5.00. The summed E-state index contributed by atoms with van der Waals surface area (Å²) >= 11 is 0. The minimum atomic E-state index is -1.02. The van der Waals surface area contributed by atoms with Gasteiger partial charge < -0.3 is 14.8 Å². The van der Waals surface area contributed by atoms with Gasteiger partial charge in [0.15, 0.2) is 6.61 Å². The predicted molar refractivity (Wildman–Crippen MR) is 89.6 cm³/mol. The second kappa shape index (κ2) is 8.56. The molecule has 0 spiro atoms. The molecule has 0 radical (unpaired) electrons. The second-order valence-electron chi connectivity index (χ2n) is 5.00. The molecule has 0 saturated heterocycles. The number of anilines is 1. The number of rotatable bonds is 7. The number of hydrogen-bond acceptors (Lipinski definition) is 6. The smallest absolute Gasteiger partial charge is 0.338 e. The Balaban J connectivity index is 1.91. The van der Waals surface area contributed by atoms with E-state index in [1.54, 1.807) is 12.1 Å². The van der Waals surface area contributed by atoms with Crippen molar-refractivity contribution in [1.29, 1.82) is 0 Å². The fourth-order valence-electron chi connectivity index (χ4n) is 2.00. The lowest BCUT2D eigenvalue weighted by Gasteiger charge is -2.07. The van der Waals surface area contributed by atoms with E-state index in [-0.39, 0.29) is 11.3 Å². The molecule has 0 atom stereocenters. The number of carbonyl (C=O) groups is 2. The Bertz CT molecular complexity index is 823. The number of amides is 1. The van der Waals surface area contributed by atoms with Crippen LogP contribution in [-0.2, 0) is 9.53 Å². The summed E-state index contributed by atoms with van der Waals surface area (Å²) in [5.74, 6) is -1.85. The Morgan fingerprint density at radius 1 is 1.19 bits per heavy atom. The SMILES string of the molecule is CCOc1ccc(C(=O)OCC(=O)Nc2ccc(F)c([N+](=O)[O-])c2)cc1. The first-order valence-electron chi connectivity index (χ1n) is 7.54. The number of ether oxygens (including phenoxy) is 2. The monoisotopic (exact) mass is 362 g/mol. The van der Waals surface area contributed by atoms with Crippen LogP contribution in [0, 0.1) is 15.9 Å². The number of halogens is 1. The van der Waals surface area contributed by atoms with Crippen LogP contribution in [0.3, 0.4) is 0 Å². The van der Waals surface area contributed by atoms with Gasteiger partial charge in [-0.05, 0) is 43.3 Å². The summed E-state index contributed by atoms with van der Waals surface area (Å²) in [5, 5.41) is 13.0. The van der Waals surface area contributed by atoms with Crippen LogP contribution >= 0.6 is 0 Å². The summed E-state index contributed by atoms with van der Waals surface area (Å²) < 4.78 is 23.4. The molecule has 2 aromatic carbocycles. The van der Waals surface area contributed by atoms with Crippen molar-refractivity contribution in [2.24, 2.45) is 0 Å². The van der Waals surface area contributed by atoms with E-state index in [0.717, 1.165) is 18.2 Å². The Morgan fingerprint density at radius 3 is 2.50 bits per heavy atom. The van der Waals surface area contributed by atoms with E-state index >= 15 is 0 Å². The summed E-state index contributed by atoms with van der Waals surface area (Å²) in [4.78, 5) is 33.4. The van der Waals surface area contributed by atoms with E-state index in [1.165, 1.54) is 12.1 Å². The molecule has 2 aromatic rings. The van der Waals surface area contributed by atoms with E-state index in [1.807, 2.05) is 6.92 Å². The molecule has 0 aliphatic rings. The number of nitrogens with zero attached hydrogens (tertiary/aromatic N) is 1. The Labute approximate surface area is 147 Å². The van der Waals surface area contributed by atoms with E-state index in [0.29, 0.717) is 12.4 Å². The molecule has 1 N–H and O–H groups in total. The Hall–Kier alpha value is -3.49. The van der Waals surface area contributed by atoms with Crippen molar-refractivity contribution in [1.82, 2.24) is 0 Å². The number of hydrogen-bond donors (Lipinski definition) is 1. The summed E-state index contributed by atoms with van der Waals surface area (Å²) in [6.07, 6.45) is 0. The van der Waals surface area contributed by atoms with Crippen LogP contribution < -0.4 is 10.1 Å². The molecule has 9 heteroatoms. The minimum Gasteiger partial charge on any atom is -0.494 e. The number of esters is 1. The molecule has 0 aromatic heterocycles. The van der Waals surface area contributed by atoms with E-state index < -0.39 is 34.9 Å². The van der Waals surface area contributed by atoms with Gasteiger partial charge in [0.2, 0.25) is 5.82 Å².